The Morgan fingerprint density at radius 3 is 2.62 bits per heavy atom. The minimum absolute atomic E-state index is 0.136. The highest BCUT2D eigenvalue weighted by molar-refractivity contribution is 6.02. The molecule has 0 aliphatic carbocycles. The lowest BCUT2D eigenvalue weighted by Crippen LogP contribution is -2.46. The van der Waals surface area contributed by atoms with E-state index in [0.29, 0.717) is 29.2 Å². The van der Waals surface area contributed by atoms with Gasteiger partial charge in [-0.3, -0.25) is 19.5 Å². The molecule has 2 aliphatic heterocycles. The normalized spacial score (nSPS) is 20.6. The predicted molar refractivity (Wildman–Crippen MR) is 126 cm³/mol. The van der Waals surface area contributed by atoms with Crippen molar-refractivity contribution in [3.63, 3.8) is 0 Å². The van der Waals surface area contributed by atoms with E-state index in [0.717, 1.165) is 44.8 Å². The van der Waals surface area contributed by atoms with Gasteiger partial charge < -0.3 is 24.4 Å². The second kappa shape index (κ2) is 10.8. The lowest BCUT2D eigenvalue weighted by atomic mass is 9.79. The summed E-state index contributed by atoms with van der Waals surface area (Å²) in [4.78, 5) is 35.1. The van der Waals surface area contributed by atoms with Gasteiger partial charge in [-0.25, -0.2) is 0 Å². The average Bonchev–Trinajstić information content (AvgIpc) is 2.88. The second-order valence-corrected chi connectivity index (χ2v) is 8.52. The molecule has 34 heavy (non-hydrogen) atoms. The Hall–Kier alpha value is -3.17. The van der Waals surface area contributed by atoms with Gasteiger partial charge in [0.2, 0.25) is 5.91 Å². The van der Waals surface area contributed by atoms with Gasteiger partial charge in [-0.1, -0.05) is 6.07 Å². The first-order chi connectivity index (χ1) is 16.5. The van der Waals surface area contributed by atoms with E-state index in [1.165, 1.54) is 7.11 Å². The van der Waals surface area contributed by atoms with Gasteiger partial charge in [0, 0.05) is 44.6 Å². The Bertz CT molecular complexity index is 1010. The Morgan fingerprint density at radius 1 is 1.21 bits per heavy atom. The third-order valence-electron chi connectivity index (χ3n) is 6.54. The smallest absolute Gasteiger partial charge is 0.254 e. The highest BCUT2D eigenvalue weighted by Gasteiger charge is 2.43. The zero-order valence-electron chi connectivity index (χ0n) is 20.0. The zero-order valence-corrected chi connectivity index (χ0v) is 20.0. The van der Waals surface area contributed by atoms with E-state index in [-0.39, 0.29) is 11.8 Å². The van der Waals surface area contributed by atoms with Gasteiger partial charge >= 0.3 is 0 Å². The van der Waals surface area contributed by atoms with Crippen molar-refractivity contribution in [1.29, 1.82) is 0 Å². The molecule has 0 bridgehead atoms. The highest BCUT2D eigenvalue weighted by Crippen LogP contribution is 2.45. The topological polar surface area (TPSA) is 93.2 Å². The standard InChI is InChI=1S/C25H32N4O5/c1-28-23(17-6-4-7-26-16-17)22(24(30)27-8-5-9-29-10-12-34-13-11-29)18-14-20(32-2)21(33-3)15-19(18)25(28)31/h4,6-7,14-16,22-23H,5,8-13H2,1-3H3,(H,27,30)/t22-,23+/m1/s1. The number of pyridine rings is 1. The first kappa shape index (κ1) is 24.0. The molecule has 1 fully saturated rings. The van der Waals surface area contributed by atoms with E-state index in [4.69, 9.17) is 14.2 Å². The largest absolute Gasteiger partial charge is 0.493 e. The van der Waals surface area contributed by atoms with Crippen molar-refractivity contribution < 1.29 is 23.8 Å². The van der Waals surface area contributed by atoms with E-state index in [1.54, 1.807) is 43.6 Å². The van der Waals surface area contributed by atoms with Crippen LogP contribution in [0.5, 0.6) is 11.5 Å². The van der Waals surface area contributed by atoms with Crippen LogP contribution in [0.4, 0.5) is 0 Å². The summed E-state index contributed by atoms with van der Waals surface area (Å²) in [7, 11) is 4.79. The molecule has 9 heteroatoms. The molecule has 182 valence electrons. The van der Waals surface area contributed by atoms with Crippen molar-refractivity contribution in [3.05, 3.63) is 53.3 Å². The van der Waals surface area contributed by atoms with Crippen LogP contribution < -0.4 is 14.8 Å². The van der Waals surface area contributed by atoms with Gasteiger partial charge in [-0.05, 0) is 42.3 Å². The number of hydrogen-bond acceptors (Lipinski definition) is 7. The summed E-state index contributed by atoms with van der Waals surface area (Å²) >= 11 is 0. The Kier molecular flexibility index (Phi) is 7.64. The zero-order chi connectivity index (χ0) is 24.1. The Morgan fingerprint density at radius 2 is 1.94 bits per heavy atom. The molecule has 0 radical (unpaired) electrons. The number of nitrogens with zero attached hydrogens (tertiary/aromatic N) is 3. The Labute approximate surface area is 200 Å². The number of morpholine rings is 1. The van der Waals surface area contributed by atoms with Gasteiger partial charge in [0.05, 0.1) is 39.4 Å². The minimum atomic E-state index is -0.620. The quantitative estimate of drug-likeness (QED) is 0.591. The Balaban J connectivity index is 1.62. The molecule has 2 aromatic rings. The van der Waals surface area contributed by atoms with E-state index in [9.17, 15) is 9.59 Å². The molecule has 1 aromatic heterocycles. The van der Waals surface area contributed by atoms with Crippen LogP contribution in [-0.2, 0) is 9.53 Å². The second-order valence-electron chi connectivity index (χ2n) is 8.52. The number of methoxy groups -OCH3 is 2. The van der Waals surface area contributed by atoms with Gasteiger partial charge in [0.15, 0.2) is 11.5 Å². The fraction of sp³-hybridized carbons (Fsp3) is 0.480. The molecule has 1 saturated heterocycles. The van der Waals surface area contributed by atoms with Crippen LogP contribution in [0.15, 0.2) is 36.7 Å². The molecular formula is C25H32N4O5. The number of benzene rings is 1. The monoisotopic (exact) mass is 468 g/mol. The first-order valence-corrected chi connectivity index (χ1v) is 11.6. The predicted octanol–water partition coefficient (Wildman–Crippen LogP) is 1.85. The molecule has 0 saturated carbocycles. The minimum Gasteiger partial charge on any atom is -0.493 e. The lowest BCUT2D eigenvalue weighted by Gasteiger charge is -2.40. The summed E-state index contributed by atoms with van der Waals surface area (Å²) in [5.41, 5.74) is 1.86. The van der Waals surface area contributed by atoms with Crippen LogP contribution in [0, 0.1) is 0 Å². The summed E-state index contributed by atoms with van der Waals surface area (Å²) in [6, 6.07) is 6.62. The number of likely N-dealkylation sites (N-methyl/N-ethyl adjacent to an activating group) is 1. The van der Waals surface area contributed by atoms with Crippen LogP contribution in [0.2, 0.25) is 0 Å². The van der Waals surface area contributed by atoms with Crippen LogP contribution in [-0.4, -0.2) is 87.3 Å². The molecule has 0 unspecified atom stereocenters. The van der Waals surface area contributed by atoms with Gasteiger partial charge in [-0.15, -0.1) is 0 Å². The average molecular weight is 469 g/mol. The van der Waals surface area contributed by atoms with Crippen molar-refractivity contribution in [1.82, 2.24) is 20.1 Å². The summed E-state index contributed by atoms with van der Waals surface area (Å²) in [5.74, 6) is -0.00364. The number of carbonyl (C=O) groups is 2. The van der Waals surface area contributed by atoms with E-state index in [1.807, 2.05) is 12.1 Å². The third kappa shape index (κ3) is 4.85. The van der Waals surface area contributed by atoms with Crippen LogP contribution in [0.25, 0.3) is 0 Å². The highest BCUT2D eigenvalue weighted by atomic mass is 16.5. The van der Waals surface area contributed by atoms with Gasteiger partial charge in [-0.2, -0.15) is 0 Å². The molecule has 2 atom stereocenters. The van der Waals surface area contributed by atoms with Crippen LogP contribution >= 0.6 is 0 Å². The fourth-order valence-corrected chi connectivity index (χ4v) is 4.75. The summed E-state index contributed by atoms with van der Waals surface area (Å²) in [5, 5.41) is 3.11. The van der Waals surface area contributed by atoms with Gasteiger partial charge in [0.25, 0.3) is 5.91 Å². The van der Waals surface area contributed by atoms with Crippen LogP contribution in [0.3, 0.4) is 0 Å². The maximum atomic E-state index is 13.6. The maximum Gasteiger partial charge on any atom is 0.254 e. The van der Waals surface area contributed by atoms with Crippen molar-refractivity contribution in [2.75, 3.05) is 60.7 Å². The molecule has 9 nitrogen and oxygen atoms in total. The molecule has 2 amide bonds. The molecule has 3 heterocycles. The van der Waals surface area contributed by atoms with Crippen molar-refractivity contribution in [2.24, 2.45) is 0 Å². The number of amides is 2. The fourth-order valence-electron chi connectivity index (χ4n) is 4.75. The number of carbonyl (C=O) groups excluding carboxylic acids is 2. The van der Waals surface area contributed by atoms with Gasteiger partial charge in [0.1, 0.15) is 0 Å². The molecule has 2 aliphatic rings. The van der Waals surface area contributed by atoms with E-state index in [2.05, 4.69) is 15.2 Å². The number of ether oxygens (including phenoxy) is 3. The molecule has 1 N–H and O–H groups in total. The third-order valence-corrected chi connectivity index (χ3v) is 6.54. The molecule has 1 aromatic carbocycles. The number of fused-ring (bicyclic) bond motifs is 1. The molecule has 4 rings (SSSR count). The van der Waals surface area contributed by atoms with E-state index >= 15 is 0 Å². The summed E-state index contributed by atoms with van der Waals surface area (Å²) in [6.07, 6.45) is 4.22. The first-order valence-electron chi connectivity index (χ1n) is 11.6. The molecular weight excluding hydrogens is 436 g/mol. The van der Waals surface area contributed by atoms with Crippen LogP contribution in [0.1, 0.15) is 39.9 Å². The van der Waals surface area contributed by atoms with Crippen molar-refractivity contribution >= 4 is 11.8 Å². The number of hydrogen-bond donors (Lipinski definition) is 1. The molecule has 0 spiro atoms. The number of nitrogens with one attached hydrogen (secondary N) is 1. The van der Waals surface area contributed by atoms with E-state index < -0.39 is 12.0 Å². The van der Waals surface area contributed by atoms with Crippen molar-refractivity contribution in [2.45, 2.75) is 18.4 Å². The maximum absolute atomic E-state index is 13.6. The number of aromatic nitrogens is 1. The number of rotatable bonds is 8. The lowest BCUT2D eigenvalue weighted by molar-refractivity contribution is -0.124. The summed E-state index contributed by atoms with van der Waals surface area (Å²) < 4.78 is 16.3. The van der Waals surface area contributed by atoms with Crippen molar-refractivity contribution in [3.8, 4) is 11.5 Å². The summed E-state index contributed by atoms with van der Waals surface area (Å²) in [6.45, 7) is 4.80. The SMILES string of the molecule is COc1cc2c(cc1OC)[C@@H](C(=O)NCCCN1CCOCC1)[C@H](c1cccnc1)N(C)C2=O.